The Morgan fingerprint density at radius 1 is 0.870 bits per heavy atom. The number of methoxy groups -OCH3 is 2. The highest BCUT2D eigenvalue weighted by Gasteiger charge is 2.24. The monoisotopic (exact) mass is 629 g/mol. The van der Waals surface area contributed by atoms with E-state index in [0.29, 0.717) is 24.0 Å². The lowest BCUT2D eigenvalue weighted by molar-refractivity contribution is 0.0193. The van der Waals surface area contributed by atoms with Gasteiger partial charge in [0.25, 0.3) is 11.8 Å². The van der Waals surface area contributed by atoms with Crippen LogP contribution < -0.4 is 25.5 Å². The van der Waals surface area contributed by atoms with E-state index < -0.39 is 17.4 Å². The molecular weight excluding hydrogens is 590 g/mol. The summed E-state index contributed by atoms with van der Waals surface area (Å²) in [6.07, 6.45) is 0.217. The van der Waals surface area contributed by atoms with Gasteiger partial charge >= 0.3 is 6.09 Å². The lowest BCUT2D eigenvalue weighted by Crippen LogP contribution is -2.42. The van der Waals surface area contributed by atoms with E-state index in [1.807, 2.05) is 46.8 Å². The Bertz CT molecular complexity index is 1790. The molecular formula is C35H39N3O8. The molecule has 3 amide bonds. The van der Waals surface area contributed by atoms with Crippen LogP contribution in [0.5, 0.6) is 11.5 Å². The largest absolute Gasteiger partial charge is 0.493 e. The molecule has 0 bridgehead atoms. The van der Waals surface area contributed by atoms with Crippen molar-refractivity contribution in [1.29, 1.82) is 0 Å². The average Bonchev–Trinajstić information content (AvgIpc) is 3.00. The summed E-state index contributed by atoms with van der Waals surface area (Å²) in [6, 6.07) is 17.8. The van der Waals surface area contributed by atoms with E-state index in [-0.39, 0.29) is 51.7 Å². The average molecular weight is 630 g/mol. The molecule has 1 aromatic heterocycles. The zero-order valence-corrected chi connectivity index (χ0v) is 27.1. The number of nitrogens with one attached hydrogen (secondary N) is 2. The fourth-order valence-corrected chi connectivity index (χ4v) is 4.65. The van der Waals surface area contributed by atoms with Gasteiger partial charge in [-0.15, -0.1) is 0 Å². The third kappa shape index (κ3) is 8.23. The number of hydrogen-bond acceptors (Lipinski definition) is 8. The Labute approximate surface area is 267 Å². The van der Waals surface area contributed by atoms with Gasteiger partial charge in [0.05, 0.1) is 30.9 Å². The zero-order valence-electron chi connectivity index (χ0n) is 27.1. The van der Waals surface area contributed by atoms with Gasteiger partial charge < -0.3 is 34.2 Å². The minimum atomic E-state index is -0.727. The standard InChI is InChI=1S/C35H39N3O8/c1-21(2)38(34(42)46-35(3,4)5)17-16-22-12-14-23(15-13-22)36-32(40)25-18-29(43-6)30(44-7)19-26(25)37-33(41)31-20-27(39)24-10-8-9-11-28(24)45-31/h8-15,18-21H,16-17H2,1-7H3,(H,36,40)(H,37,41). The minimum absolute atomic E-state index is 0.0400. The number of carbonyl (C=O) groups excluding carboxylic acids is 3. The number of anilines is 2. The molecule has 46 heavy (non-hydrogen) atoms. The first-order valence-corrected chi connectivity index (χ1v) is 14.8. The number of benzene rings is 3. The fourth-order valence-electron chi connectivity index (χ4n) is 4.65. The molecule has 0 saturated heterocycles. The van der Waals surface area contributed by atoms with Gasteiger partial charge in [0, 0.05) is 30.4 Å². The molecule has 4 rings (SSSR count). The van der Waals surface area contributed by atoms with E-state index in [1.165, 1.54) is 26.4 Å². The molecule has 0 aliphatic carbocycles. The summed E-state index contributed by atoms with van der Waals surface area (Å²) in [4.78, 5) is 53.6. The van der Waals surface area contributed by atoms with Crippen LogP contribution in [0.15, 0.2) is 75.9 Å². The minimum Gasteiger partial charge on any atom is -0.493 e. The smallest absolute Gasteiger partial charge is 0.410 e. The Morgan fingerprint density at radius 2 is 1.52 bits per heavy atom. The molecule has 0 saturated carbocycles. The van der Waals surface area contributed by atoms with Crippen LogP contribution in [0.25, 0.3) is 11.0 Å². The summed E-state index contributed by atoms with van der Waals surface area (Å²) >= 11 is 0. The number of amides is 3. The van der Waals surface area contributed by atoms with Gasteiger partial charge in [0.1, 0.15) is 11.2 Å². The van der Waals surface area contributed by atoms with Crippen molar-refractivity contribution in [2.24, 2.45) is 0 Å². The SMILES string of the molecule is COc1cc(NC(=O)c2cc(=O)c3ccccc3o2)c(C(=O)Nc2ccc(CCN(C(=O)OC(C)(C)C)C(C)C)cc2)cc1OC. The van der Waals surface area contributed by atoms with E-state index >= 15 is 0 Å². The van der Waals surface area contributed by atoms with Gasteiger partial charge in [-0.2, -0.15) is 0 Å². The summed E-state index contributed by atoms with van der Waals surface area (Å²) in [7, 11) is 2.87. The first-order chi connectivity index (χ1) is 21.8. The summed E-state index contributed by atoms with van der Waals surface area (Å²) in [6.45, 7) is 9.83. The maximum Gasteiger partial charge on any atom is 0.410 e. The van der Waals surface area contributed by atoms with Crippen molar-refractivity contribution in [2.75, 3.05) is 31.4 Å². The molecule has 0 atom stereocenters. The second kappa shape index (κ2) is 14.2. The number of fused-ring (bicyclic) bond motifs is 1. The number of ether oxygens (including phenoxy) is 3. The van der Waals surface area contributed by atoms with Crippen LogP contribution in [0, 0.1) is 0 Å². The molecule has 1 heterocycles. The van der Waals surface area contributed by atoms with Crippen LogP contribution >= 0.6 is 0 Å². The molecule has 11 heteroatoms. The second-order valence-corrected chi connectivity index (χ2v) is 11.8. The maximum atomic E-state index is 13.5. The number of nitrogens with zero attached hydrogens (tertiary/aromatic N) is 1. The quantitative estimate of drug-likeness (QED) is 0.203. The number of para-hydroxylation sites is 1. The molecule has 0 aliphatic heterocycles. The number of carbonyl (C=O) groups is 3. The summed E-state index contributed by atoms with van der Waals surface area (Å²) in [5, 5.41) is 5.86. The molecule has 3 aromatic carbocycles. The highest BCUT2D eigenvalue weighted by molar-refractivity contribution is 6.12. The van der Waals surface area contributed by atoms with Crippen molar-refractivity contribution in [3.63, 3.8) is 0 Å². The molecule has 242 valence electrons. The second-order valence-electron chi connectivity index (χ2n) is 11.8. The van der Waals surface area contributed by atoms with Crippen molar-refractivity contribution < 1.29 is 33.0 Å². The van der Waals surface area contributed by atoms with Crippen LogP contribution in [0.2, 0.25) is 0 Å². The van der Waals surface area contributed by atoms with Gasteiger partial charge in [-0.3, -0.25) is 14.4 Å². The summed E-state index contributed by atoms with van der Waals surface area (Å²) in [5.74, 6) is -0.920. The van der Waals surface area contributed by atoms with Crippen molar-refractivity contribution in [3.05, 3.63) is 93.8 Å². The Hall–Kier alpha value is -5.32. The van der Waals surface area contributed by atoms with Crippen LogP contribution in [-0.4, -0.2) is 55.2 Å². The van der Waals surface area contributed by atoms with Gasteiger partial charge in [-0.1, -0.05) is 24.3 Å². The van der Waals surface area contributed by atoms with Crippen molar-refractivity contribution in [1.82, 2.24) is 4.90 Å². The predicted molar refractivity (Wildman–Crippen MR) is 176 cm³/mol. The Morgan fingerprint density at radius 3 is 2.15 bits per heavy atom. The van der Waals surface area contributed by atoms with Crippen molar-refractivity contribution in [3.8, 4) is 11.5 Å². The Kier molecular flexibility index (Phi) is 10.4. The summed E-state index contributed by atoms with van der Waals surface area (Å²) in [5.41, 5.74) is 0.967. The number of hydrogen-bond donors (Lipinski definition) is 2. The highest BCUT2D eigenvalue weighted by atomic mass is 16.6. The van der Waals surface area contributed by atoms with Gasteiger partial charge in [0.2, 0.25) is 0 Å². The molecule has 4 aromatic rings. The third-order valence-electron chi connectivity index (χ3n) is 6.98. The third-order valence-corrected chi connectivity index (χ3v) is 6.98. The number of rotatable bonds is 10. The highest BCUT2D eigenvalue weighted by Crippen LogP contribution is 2.34. The van der Waals surface area contributed by atoms with E-state index in [4.69, 9.17) is 18.6 Å². The normalized spacial score (nSPS) is 11.2. The zero-order chi connectivity index (χ0) is 33.6. The summed E-state index contributed by atoms with van der Waals surface area (Å²) < 4.78 is 22.0. The van der Waals surface area contributed by atoms with Gasteiger partial charge in [-0.05, 0) is 76.9 Å². The molecule has 11 nitrogen and oxygen atoms in total. The fraction of sp³-hybridized carbons (Fsp3) is 0.314. The van der Waals surface area contributed by atoms with Gasteiger partial charge in [-0.25, -0.2) is 4.79 Å². The van der Waals surface area contributed by atoms with E-state index in [9.17, 15) is 19.2 Å². The predicted octanol–water partition coefficient (Wildman–Crippen LogP) is 6.50. The van der Waals surface area contributed by atoms with E-state index in [0.717, 1.165) is 11.6 Å². The van der Waals surface area contributed by atoms with Crippen LogP contribution in [0.4, 0.5) is 16.2 Å². The molecule has 0 spiro atoms. The lowest BCUT2D eigenvalue weighted by Gasteiger charge is -2.30. The van der Waals surface area contributed by atoms with Crippen LogP contribution in [0.1, 0.15) is 61.1 Å². The first kappa shape index (κ1) is 33.6. The molecule has 0 unspecified atom stereocenters. The van der Waals surface area contributed by atoms with Crippen LogP contribution in [-0.2, 0) is 11.2 Å². The molecule has 0 fully saturated rings. The van der Waals surface area contributed by atoms with Gasteiger partial charge in [0.15, 0.2) is 22.7 Å². The van der Waals surface area contributed by atoms with E-state index in [1.54, 1.807) is 41.3 Å². The maximum absolute atomic E-state index is 13.5. The van der Waals surface area contributed by atoms with Crippen molar-refractivity contribution in [2.45, 2.75) is 52.7 Å². The van der Waals surface area contributed by atoms with Crippen molar-refractivity contribution >= 4 is 40.3 Å². The lowest BCUT2D eigenvalue weighted by atomic mass is 10.1. The molecule has 0 radical (unpaired) electrons. The topological polar surface area (TPSA) is 136 Å². The molecule has 0 aliphatic rings. The van der Waals surface area contributed by atoms with E-state index in [2.05, 4.69) is 10.6 Å². The first-order valence-electron chi connectivity index (χ1n) is 14.8. The molecule has 2 N–H and O–H groups in total. The van der Waals surface area contributed by atoms with Crippen LogP contribution in [0.3, 0.4) is 0 Å². The Balaban J connectivity index is 1.52.